The first kappa shape index (κ1) is 28.4. The average Bonchev–Trinajstić information content (AvgIpc) is 3.21. The number of hydrogen-bond donors (Lipinski definition) is 4. The molecule has 0 radical (unpaired) electrons. The second kappa shape index (κ2) is 12.0. The molecule has 8 nitrogen and oxygen atoms in total. The number of carboxylic acid groups (broad SMARTS) is 1. The number of primary amides is 1. The Kier molecular flexibility index (Phi) is 8.75. The summed E-state index contributed by atoms with van der Waals surface area (Å²) in [6.07, 6.45) is 3.00. The van der Waals surface area contributed by atoms with Crippen LogP contribution in [0.25, 0.3) is 10.9 Å². The Hall–Kier alpha value is -3.65. The third kappa shape index (κ3) is 5.71. The summed E-state index contributed by atoms with van der Waals surface area (Å²) in [6.45, 7) is 5.47. The number of nitrogens with zero attached hydrogens (tertiary/aromatic N) is 1. The average molecular weight is 533 g/mol. The van der Waals surface area contributed by atoms with Gasteiger partial charge in [-0.2, -0.15) is 0 Å². The highest BCUT2D eigenvalue weighted by atomic mass is 16.4. The molecule has 3 aromatic rings. The van der Waals surface area contributed by atoms with Crippen molar-refractivity contribution in [3.8, 4) is 0 Å². The number of rotatable bonds is 11. The van der Waals surface area contributed by atoms with Crippen molar-refractivity contribution in [2.24, 2.45) is 24.6 Å². The number of nitrogens with one attached hydrogen (secondary N) is 2. The molecule has 0 aliphatic heterocycles. The largest absolute Gasteiger partial charge is 0.477 e. The summed E-state index contributed by atoms with van der Waals surface area (Å²) in [4.78, 5) is 40.0. The fraction of sp³-hybridized carbons (Fsp3) is 0.452. The Morgan fingerprint density at radius 3 is 2.44 bits per heavy atom. The molecule has 1 fully saturated rings. The molecule has 208 valence electrons. The van der Waals surface area contributed by atoms with Crippen LogP contribution in [0.2, 0.25) is 0 Å². The van der Waals surface area contributed by atoms with E-state index in [4.69, 9.17) is 5.73 Å². The van der Waals surface area contributed by atoms with Crippen molar-refractivity contribution in [2.75, 3.05) is 6.54 Å². The predicted molar refractivity (Wildman–Crippen MR) is 152 cm³/mol. The van der Waals surface area contributed by atoms with Crippen LogP contribution in [0.1, 0.15) is 67.6 Å². The Morgan fingerprint density at radius 1 is 1.08 bits per heavy atom. The molecule has 39 heavy (non-hydrogen) atoms. The molecule has 5 N–H and O–H groups in total. The first-order valence-electron chi connectivity index (χ1n) is 13.8. The highest BCUT2D eigenvalue weighted by Gasteiger charge is 2.54. The number of fused-ring (bicyclic) bond motifs is 1. The third-order valence-corrected chi connectivity index (χ3v) is 8.09. The van der Waals surface area contributed by atoms with Gasteiger partial charge < -0.3 is 26.0 Å². The fourth-order valence-electron chi connectivity index (χ4n) is 6.39. The van der Waals surface area contributed by atoms with Gasteiger partial charge in [0.2, 0.25) is 11.8 Å². The zero-order valence-electron chi connectivity index (χ0n) is 23.1. The van der Waals surface area contributed by atoms with E-state index in [-0.39, 0.29) is 17.6 Å². The summed E-state index contributed by atoms with van der Waals surface area (Å²) in [5.74, 6) is -2.46. The number of hydrogen-bond acceptors (Lipinski definition) is 4. The van der Waals surface area contributed by atoms with Crippen molar-refractivity contribution >= 4 is 28.7 Å². The topological polar surface area (TPSA) is 126 Å². The first-order chi connectivity index (χ1) is 18.7. The van der Waals surface area contributed by atoms with E-state index >= 15 is 0 Å². The molecular formula is C31H40N4O4. The van der Waals surface area contributed by atoms with Gasteiger partial charge in [-0.1, -0.05) is 75.2 Å². The molecule has 1 aromatic heterocycles. The lowest BCUT2D eigenvalue weighted by Gasteiger charge is -2.42. The molecule has 8 heteroatoms. The smallest absolute Gasteiger partial charge is 0.352 e. The number of amides is 2. The molecule has 0 saturated heterocycles. The quantitative estimate of drug-likeness (QED) is 0.296. The van der Waals surface area contributed by atoms with Gasteiger partial charge in [0, 0.05) is 42.6 Å². The Balaban J connectivity index is 1.69. The van der Waals surface area contributed by atoms with Gasteiger partial charge in [-0.15, -0.1) is 0 Å². The number of carbonyl (C=O) groups is 3. The van der Waals surface area contributed by atoms with Crippen molar-refractivity contribution in [1.82, 2.24) is 15.2 Å². The van der Waals surface area contributed by atoms with Gasteiger partial charge in [0.15, 0.2) is 0 Å². The van der Waals surface area contributed by atoms with Gasteiger partial charge in [0.25, 0.3) is 0 Å². The van der Waals surface area contributed by atoms with E-state index in [2.05, 4.69) is 36.6 Å². The predicted octanol–water partition coefficient (Wildman–Crippen LogP) is 4.11. The number of aryl methyl sites for hydroxylation is 1. The number of aromatic nitrogens is 1. The summed E-state index contributed by atoms with van der Waals surface area (Å²) in [6, 6.07) is 17.2. The van der Waals surface area contributed by atoms with E-state index in [1.54, 1.807) is 11.6 Å². The van der Waals surface area contributed by atoms with Crippen LogP contribution in [0.15, 0.2) is 54.6 Å². The van der Waals surface area contributed by atoms with Crippen molar-refractivity contribution in [3.63, 3.8) is 0 Å². The van der Waals surface area contributed by atoms with Gasteiger partial charge in [-0.25, -0.2) is 4.79 Å². The monoisotopic (exact) mass is 532 g/mol. The van der Waals surface area contributed by atoms with E-state index in [0.29, 0.717) is 54.7 Å². The normalized spacial score (nSPS) is 20.2. The lowest BCUT2D eigenvalue weighted by molar-refractivity contribution is -0.137. The number of benzene rings is 2. The van der Waals surface area contributed by atoms with E-state index < -0.39 is 23.2 Å². The van der Waals surface area contributed by atoms with Crippen molar-refractivity contribution in [2.45, 2.75) is 64.0 Å². The number of para-hydroxylation sites is 1. The Labute approximate surface area is 230 Å². The zero-order chi connectivity index (χ0) is 28.2. The van der Waals surface area contributed by atoms with Gasteiger partial charge >= 0.3 is 5.97 Å². The Morgan fingerprint density at radius 2 is 1.77 bits per heavy atom. The van der Waals surface area contributed by atoms with Gasteiger partial charge in [0.1, 0.15) is 5.69 Å². The second-order valence-corrected chi connectivity index (χ2v) is 11.2. The number of carboxylic acids is 1. The SMILES string of the molecule is CC(C)CC(CNCc1ccccc1)NC(=O)[C@@H]1CCCC[C@@]1(C(N)=O)c1c(C(=O)O)n(C)c2ccccc12. The van der Waals surface area contributed by atoms with Crippen LogP contribution < -0.4 is 16.4 Å². The molecule has 0 bridgehead atoms. The van der Waals surface area contributed by atoms with Gasteiger partial charge in [0.05, 0.1) is 11.3 Å². The van der Waals surface area contributed by atoms with Gasteiger partial charge in [-0.05, 0) is 36.8 Å². The van der Waals surface area contributed by atoms with Crippen LogP contribution in [0.5, 0.6) is 0 Å². The maximum atomic E-state index is 14.0. The lowest BCUT2D eigenvalue weighted by atomic mass is 9.60. The second-order valence-electron chi connectivity index (χ2n) is 11.2. The van der Waals surface area contributed by atoms with Crippen molar-refractivity contribution < 1.29 is 19.5 Å². The van der Waals surface area contributed by atoms with Crippen LogP contribution in [-0.4, -0.2) is 40.0 Å². The molecule has 4 rings (SSSR count). The zero-order valence-corrected chi connectivity index (χ0v) is 23.1. The van der Waals surface area contributed by atoms with Crippen molar-refractivity contribution in [1.29, 1.82) is 0 Å². The molecule has 1 aliphatic carbocycles. The molecule has 2 amide bonds. The summed E-state index contributed by atoms with van der Waals surface area (Å²) in [7, 11) is 1.68. The molecule has 1 unspecified atom stereocenters. The minimum absolute atomic E-state index is 0.0120. The lowest BCUT2D eigenvalue weighted by Crippen LogP contribution is -2.56. The minimum atomic E-state index is -1.42. The summed E-state index contributed by atoms with van der Waals surface area (Å²) < 4.78 is 1.59. The highest BCUT2D eigenvalue weighted by molar-refractivity contribution is 6.06. The van der Waals surface area contributed by atoms with Crippen LogP contribution in [-0.2, 0) is 28.6 Å². The van der Waals surface area contributed by atoms with E-state index in [9.17, 15) is 19.5 Å². The molecule has 1 aliphatic rings. The number of aromatic carboxylic acids is 1. The standard InChI is InChI=1S/C31H40N4O4/c1-20(2)17-22(19-33-18-21-11-5-4-6-12-21)34-28(36)24-14-9-10-16-31(24,30(32)39)26-23-13-7-8-15-25(23)35(3)27(26)29(37)38/h4-8,11-13,15,20,22,24,33H,9-10,14,16-19H2,1-3H3,(H2,32,39)(H,34,36)(H,37,38)/t22?,24-,31-/m0/s1. The highest BCUT2D eigenvalue weighted by Crippen LogP contribution is 2.48. The molecular weight excluding hydrogens is 492 g/mol. The number of nitrogens with two attached hydrogens (primary N) is 1. The molecule has 1 saturated carbocycles. The molecule has 2 aromatic carbocycles. The van der Waals surface area contributed by atoms with Crippen LogP contribution in [0.3, 0.4) is 0 Å². The summed E-state index contributed by atoms with van der Waals surface area (Å²) >= 11 is 0. The van der Waals surface area contributed by atoms with Crippen molar-refractivity contribution in [3.05, 3.63) is 71.4 Å². The first-order valence-corrected chi connectivity index (χ1v) is 13.8. The number of carbonyl (C=O) groups excluding carboxylic acids is 2. The fourth-order valence-corrected chi connectivity index (χ4v) is 6.39. The maximum absolute atomic E-state index is 14.0. The summed E-state index contributed by atoms with van der Waals surface area (Å²) in [5.41, 5.74) is 6.96. The third-order valence-electron chi connectivity index (χ3n) is 8.09. The molecule has 1 heterocycles. The molecule has 3 atom stereocenters. The van der Waals surface area contributed by atoms with Crippen LogP contribution in [0, 0.1) is 11.8 Å². The van der Waals surface area contributed by atoms with E-state index in [1.165, 1.54) is 0 Å². The van der Waals surface area contributed by atoms with Gasteiger partial charge in [-0.3, -0.25) is 9.59 Å². The van der Waals surface area contributed by atoms with Crippen LogP contribution >= 0.6 is 0 Å². The maximum Gasteiger partial charge on any atom is 0.352 e. The van der Waals surface area contributed by atoms with E-state index in [0.717, 1.165) is 18.4 Å². The van der Waals surface area contributed by atoms with Crippen LogP contribution in [0.4, 0.5) is 0 Å². The van der Waals surface area contributed by atoms with E-state index in [1.807, 2.05) is 42.5 Å². The Bertz CT molecular complexity index is 1330. The molecule has 0 spiro atoms. The minimum Gasteiger partial charge on any atom is -0.477 e. The summed E-state index contributed by atoms with van der Waals surface area (Å²) in [5, 5.41) is 17.6.